The van der Waals surface area contributed by atoms with E-state index in [4.69, 9.17) is 9.84 Å². The van der Waals surface area contributed by atoms with Crippen molar-refractivity contribution in [3.05, 3.63) is 77.4 Å². The summed E-state index contributed by atoms with van der Waals surface area (Å²) in [5.41, 5.74) is 5.95. The molecule has 67 heavy (non-hydrogen) atoms. The SMILES string of the molecule is COc1ccc(N2CCC(O)(CC(=O)N3CCC(n4nc(N5CCCc6cc(-c7cn(C)c8ccncc78)c(C(F)F)cc65)c5c4CCN(C(C)=O)C5)CC3)CC2)cc1N1CCC(=O)NC1=O. The molecule has 5 aliphatic heterocycles. The number of methoxy groups -OCH3 is 1. The molecule has 0 aliphatic carbocycles. The van der Waals surface area contributed by atoms with E-state index in [9.17, 15) is 24.3 Å². The summed E-state index contributed by atoms with van der Waals surface area (Å²) in [4.78, 5) is 64.7. The maximum atomic E-state index is 15.1. The number of aliphatic hydroxyl groups is 1. The molecule has 0 atom stereocenters. The van der Waals surface area contributed by atoms with Gasteiger partial charge in [0.05, 0.1) is 42.9 Å². The van der Waals surface area contributed by atoms with E-state index in [-0.39, 0.29) is 48.7 Å². The van der Waals surface area contributed by atoms with Crippen molar-refractivity contribution >= 4 is 57.5 Å². The standard InChI is InChI=1S/C49H56F2N10O6/c1-30(62)58-19-11-40-38(29-58)47(59-16-4-5-31-23-34(35(46(50)51)25-41(31)59)37-28-55(2)39-8-15-52-27-36(37)39)54-61(40)32-9-17-57(18-10-32)45(64)26-49(66)13-21-56(22-14-49)33-6-7-43(67-3)42(24-33)60-20-12-44(63)53-48(60)65/h6-8,15,23-25,27-28,32,46,66H,4-5,9-14,16-22,26,29H2,1-3H3,(H,53,63,65). The van der Waals surface area contributed by atoms with Crippen LogP contribution in [0.2, 0.25) is 0 Å². The van der Waals surface area contributed by atoms with Crippen LogP contribution in [-0.2, 0) is 40.8 Å². The fourth-order valence-corrected chi connectivity index (χ4v) is 10.9. The number of likely N-dealkylation sites (tertiary alicyclic amines) is 1. The summed E-state index contributed by atoms with van der Waals surface area (Å²) in [6.45, 7) is 5.32. The Kier molecular flexibility index (Phi) is 11.6. The highest BCUT2D eigenvalue weighted by Crippen LogP contribution is 2.45. The van der Waals surface area contributed by atoms with Crippen LogP contribution in [0.1, 0.15) is 86.7 Å². The number of hydrogen-bond acceptors (Lipinski definition) is 10. The predicted molar refractivity (Wildman–Crippen MR) is 248 cm³/mol. The van der Waals surface area contributed by atoms with E-state index in [1.807, 2.05) is 51.9 Å². The number of aryl methyl sites for hydroxylation is 2. The molecule has 0 unspecified atom stereocenters. The molecule has 8 heterocycles. The molecule has 3 saturated heterocycles. The van der Waals surface area contributed by atoms with Crippen LogP contribution in [0.15, 0.2) is 55.0 Å². The number of halogens is 2. The van der Waals surface area contributed by atoms with Crippen LogP contribution in [0.25, 0.3) is 22.0 Å². The van der Waals surface area contributed by atoms with Gasteiger partial charge in [0.25, 0.3) is 6.43 Å². The van der Waals surface area contributed by atoms with Gasteiger partial charge >= 0.3 is 6.03 Å². The second-order valence-corrected chi connectivity index (χ2v) is 18.7. The highest BCUT2D eigenvalue weighted by molar-refractivity contribution is 6.06. The monoisotopic (exact) mass is 918 g/mol. The van der Waals surface area contributed by atoms with Gasteiger partial charge in [-0.1, -0.05) is 0 Å². The average molecular weight is 919 g/mol. The number of amides is 5. The van der Waals surface area contributed by atoms with Gasteiger partial charge in [-0.15, -0.1) is 0 Å². The number of pyridine rings is 1. The third-order valence-electron chi connectivity index (χ3n) is 14.7. The molecule has 18 heteroatoms. The summed E-state index contributed by atoms with van der Waals surface area (Å²) in [5.74, 6) is 0.754. The molecule has 5 aliphatic rings. The highest BCUT2D eigenvalue weighted by atomic mass is 19.3. The molecule has 0 bridgehead atoms. The van der Waals surface area contributed by atoms with Gasteiger partial charge in [-0.25, -0.2) is 13.6 Å². The maximum absolute atomic E-state index is 15.1. The second kappa shape index (κ2) is 17.6. The lowest BCUT2D eigenvalue weighted by Crippen LogP contribution is -2.50. The van der Waals surface area contributed by atoms with Crippen LogP contribution < -0.4 is 24.8 Å². The number of urea groups is 1. The molecule has 0 radical (unpaired) electrons. The first-order chi connectivity index (χ1) is 32.3. The number of piperidine rings is 2. The van der Waals surface area contributed by atoms with Gasteiger partial charge in [0, 0.05) is 130 Å². The molecule has 16 nitrogen and oxygen atoms in total. The first kappa shape index (κ1) is 44.3. The third-order valence-corrected chi connectivity index (χ3v) is 14.7. The molecule has 2 N–H and O–H groups in total. The number of anilines is 4. The van der Waals surface area contributed by atoms with Gasteiger partial charge in [-0.2, -0.15) is 5.10 Å². The van der Waals surface area contributed by atoms with E-state index in [1.54, 1.807) is 31.5 Å². The molecule has 5 aromatic rings. The zero-order chi connectivity index (χ0) is 46.7. The lowest BCUT2D eigenvalue weighted by Gasteiger charge is -2.41. The zero-order valence-corrected chi connectivity index (χ0v) is 38.1. The molecule has 352 valence electrons. The Morgan fingerprint density at radius 2 is 1.72 bits per heavy atom. The average Bonchev–Trinajstić information content (AvgIpc) is 3.88. The van der Waals surface area contributed by atoms with Gasteiger partial charge in [0.15, 0.2) is 5.82 Å². The number of imide groups is 1. The van der Waals surface area contributed by atoms with E-state index >= 15 is 8.78 Å². The van der Waals surface area contributed by atoms with E-state index < -0.39 is 18.1 Å². The fourth-order valence-electron chi connectivity index (χ4n) is 10.9. The molecule has 3 aromatic heterocycles. The lowest BCUT2D eigenvalue weighted by molar-refractivity contribution is -0.138. The normalized spacial score (nSPS) is 18.9. The van der Waals surface area contributed by atoms with Gasteiger partial charge in [-0.3, -0.25) is 34.3 Å². The van der Waals surface area contributed by atoms with Crippen LogP contribution in [-0.4, -0.2) is 117 Å². The maximum Gasteiger partial charge on any atom is 0.328 e. The van der Waals surface area contributed by atoms with Gasteiger partial charge in [0.2, 0.25) is 17.7 Å². The number of carbonyl (C=O) groups excluding carboxylic acids is 4. The number of fused-ring (bicyclic) bond motifs is 3. The lowest BCUT2D eigenvalue weighted by atomic mass is 9.87. The van der Waals surface area contributed by atoms with Crippen molar-refractivity contribution < 1.29 is 37.8 Å². The third kappa shape index (κ3) is 8.22. The molecule has 0 spiro atoms. The Morgan fingerprint density at radius 3 is 2.45 bits per heavy atom. The summed E-state index contributed by atoms with van der Waals surface area (Å²) in [6, 6.07) is 10.5. The quantitative estimate of drug-likeness (QED) is 0.169. The summed E-state index contributed by atoms with van der Waals surface area (Å²) in [5, 5.41) is 20.2. The summed E-state index contributed by atoms with van der Waals surface area (Å²) >= 11 is 0. The Bertz CT molecular complexity index is 2770. The van der Waals surface area contributed by atoms with Crippen molar-refractivity contribution in [3.63, 3.8) is 0 Å². The molecule has 10 rings (SSSR count). The van der Waals surface area contributed by atoms with Crippen LogP contribution in [0.3, 0.4) is 0 Å². The summed E-state index contributed by atoms with van der Waals surface area (Å²) in [7, 11) is 3.44. The van der Waals surface area contributed by atoms with Crippen molar-refractivity contribution in [2.75, 3.05) is 67.6 Å². The Labute approximate surface area is 387 Å². The first-order valence-electron chi connectivity index (χ1n) is 23.3. The number of hydrogen-bond donors (Lipinski definition) is 2. The number of carbonyl (C=O) groups is 4. The molecule has 2 aromatic carbocycles. The second-order valence-electron chi connectivity index (χ2n) is 18.7. The van der Waals surface area contributed by atoms with Crippen LogP contribution in [0.5, 0.6) is 5.75 Å². The fraction of sp³-hybridized carbons (Fsp3) is 0.469. The molecule has 3 fully saturated rings. The van der Waals surface area contributed by atoms with Crippen LogP contribution in [0, 0.1) is 0 Å². The smallest absolute Gasteiger partial charge is 0.328 e. The minimum atomic E-state index is -2.72. The van der Waals surface area contributed by atoms with Gasteiger partial charge in [0.1, 0.15) is 5.75 Å². The Morgan fingerprint density at radius 1 is 0.925 bits per heavy atom. The number of benzene rings is 2. The van der Waals surface area contributed by atoms with Crippen molar-refractivity contribution in [1.82, 2.24) is 34.4 Å². The molecule has 5 amide bonds. The Balaban J connectivity index is 0.842. The predicted octanol–water partition coefficient (Wildman–Crippen LogP) is 6.40. The number of rotatable bonds is 9. The number of nitrogens with one attached hydrogen (secondary N) is 1. The number of ether oxygens (including phenoxy) is 1. The van der Waals surface area contributed by atoms with E-state index in [1.165, 1.54) is 12.0 Å². The van der Waals surface area contributed by atoms with E-state index in [0.29, 0.717) is 106 Å². The molecular weight excluding hydrogens is 863 g/mol. The van der Waals surface area contributed by atoms with Gasteiger partial charge in [-0.05, 0) is 86.1 Å². The number of alkyl halides is 2. The van der Waals surface area contributed by atoms with Crippen molar-refractivity contribution in [2.24, 2.45) is 7.05 Å². The first-order valence-corrected chi connectivity index (χ1v) is 23.3. The van der Waals surface area contributed by atoms with Crippen molar-refractivity contribution in [1.29, 1.82) is 0 Å². The number of aromatic nitrogens is 4. The molecule has 0 saturated carbocycles. The minimum Gasteiger partial charge on any atom is -0.495 e. The summed E-state index contributed by atoms with van der Waals surface area (Å²) in [6.07, 6.45) is 7.00. The van der Waals surface area contributed by atoms with E-state index in [2.05, 4.69) is 24.8 Å². The largest absolute Gasteiger partial charge is 0.495 e. The van der Waals surface area contributed by atoms with Crippen molar-refractivity contribution in [2.45, 2.75) is 89.3 Å². The topological polar surface area (TPSA) is 162 Å². The van der Waals surface area contributed by atoms with Crippen LogP contribution >= 0.6 is 0 Å². The summed E-state index contributed by atoms with van der Waals surface area (Å²) < 4.78 is 39.8. The van der Waals surface area contributed by atoms with Crippen LogP contribution in [0.4, 0.5) is 36.5 Å². The number of nitrogens with zero attached hydrogens (tertiary/aromatic N) is 9. The highest BCUT2D eigenvalue weighted by Gasteiger charge is 2.39. The zero-order valence-electron chi connectivity index (χ0n) is 38.1. The van der Waals surface area contributed by atoms with Crippen molar-refractivity contribution in [3.8, 4) is 16.9 Å². The minimum absolute atomic E-state index is 0.0115. The molecular formula is C49H56F2N10O6. The Hall–Kier alpha value is -6.56. The van der Waals surface area contributed by atoms with Gasteiger partial charge < -0.3 is 34.0 Å². The van der Waals surface area contributed by atoms with E-state index in [0.717, 1.165) is 51.8 Å².